The van der Waals surface area contributed by atoms with Crippen LogP contribution in [-0.2, 0) is 36.9 Å². The predicted octanol–water partition coefficient (Wildman–Crippen LogP) is 9.81. The second-order valence-electron chi connectivity index (χ2n) is 22.6. The van der Waals surface area contributed by atoms with Gasteiger partial charge in [0.2, 0.25) is 5.91 Å². The zero-order chi connectivity index (χ0) is 43.8. The number of hydrogen-bond donors (Lipinski definition) is 1. The van der Waals surface area contributed by atoms with E-state index in [4.69, 9.17) is 27.3 Å². The van der Waals surface area contributed by atoms with Crippen LogP contribution in [-0.4, -0.2) is 113 Å². The van der Waals surface area contributed by atoms with Crippen molar-refractivity contribution in [3.05, 3.63) is 0 Å². The molecular weight excluding hydrogens is 763 g/mol. The summed E-state index contributed by atoms with van der Waals surface area (Å²) in [6.45, 7) is 47.9. The molecule has 1 rings (SSSR count). The number of rotatable bonds is 20. The number of amides is 1. The van der Waals surface area contributed by atoms with Crippen LogP contribution in [0.3, 0.4) is 0 Å². The Hall–Kier alpha value is -0.272. The summed E-state index contributed by atoms with van der Waals surface area (Å²) in [5.41, 5.74) is -0.860. The Morgan fingerprint density at radius 3 is 1.45 bits per heavy atom. The van der Waals surface area contributed by atoms with Gasteiger partial charge in [-0.05, 0) is 79.5 Å². The van der Waals surface area contributed by atoms with E-state index in [1.54, 1.807) is 7.05 Å². The molecule has 1 fully saturated rings. The van der Waals surface area contributed by atoms with Crippen LogP contribution in [0, 0.1) is 17.8 Å². The molecule has 1 aliphatic rings. The van der Waals surface area contributed by atoms with Crippen molar-refractivity contribution in [2.45, 2.75) is 200 Å². The number of ketones is 1. The molecule has 1 saturated heterocycles. The molecule has 0 aliphatic carbocycles. The second kappa shape index (κ2) is 18.1. The van der Waals surface area contributed by atoms with Gasteiger partial charge in [0.15, 0.2) is 33.3 Å². The Morgan fingerprint density at radius 2 is 1.09 bits per heavy atom. The maximum absolute atomic E-state index is 16.1. The van der Waals surface area contributed by atoms with E-state index in [2.05, 4.69) is 135 Å². The topological polar surface area (TPSA) is 116 Å². The number of carbonyl (C=O) groups excluding carboxylic acids is 2. The lowest BCUT2D eigenvalue weighted by Crippen LogP contribution is -2.57. The first-order valence-corrected chi connectivity index (χ1v) is 32.1. The zero-order valence-corrected chi connectivity index (χ0v) is 44.0. The first kappa shape index (κ1) is 52.7. The smallest absolute Gasteiger partial charge is 0.248 e. The van der Waals surface area contributed by atoms with E-state index < -0.39 is 62.9 Å². The van der Waals surface area contributed by atoms with Crippen LogP contribution in [0.25, 0.3) is 0 Å². The third-order valence-electron chi connectivity index (χ3n) is 14.1. The van der Waals surface area contributed by atoms with Crippen molar-refractivity contribution >= 4 is 45.0 Å². The van der Waals surface area contributed by atoms with Gasteiger partial charge in [0.25, 0.3) is 0 Å². The molecule has 0 aromatic rings. The molecule has 0 aromatic heterocycles. The first-order chi connectivity index (χ1) is 24.2. The molecule has 0 aromatic carbocycles. The maximum Gasteiger partial charge on any atom is 0.248 e. The van der Waals surface area contributed by atoms with Crippen molar-refractivity contribution in [2.75, 3.05) is 34.0 Å². The molecule has 1 amide bonds. The first-order valence-electron chi connectivity index (χ1n) is 20.5. The summed E-state index contributed by atoms with van der Waals surface area (Å²) in [5.74, 6) is -2.16. The number of hydroxylamine groups is 2. The van der Waals surface area contributed by atoms with E-state index >= 15 is 4.79 Å². The van der Waals surface area contributed by atoms with Crippen LogP contribution in [0.15, 0.2) is 0 Å². The molecule has 326 valence electrons. The summed E-state index contributed by atoms with van der Waals surface area (Å²) in [5, 5.41) is 10.9. The molecular formula is C41H87NO9Si4. The average molecular weight is 850 g/mol. The van der Waals surface area contributed by atoms with E-state index in [0.717, 1.165) is 0 Å². The van der Waals surface area contributed by atoms with E-state index in [0.29, 0.717) is 0 Å². The molecule has 10 nitrogen and oxygen atoms in total. The van der Waals surface area contributed by atoms with Crippen molar-refractivity contribution in [3.63, 3.8) is 0 Å². The van der Waals surface area contributed by atoms with Crippen LogP contribution in [0.5, 0.6) is 0 Å². The summed E-state index contributed by atoms with van der Waals surface area (Å²) in [7, 11) is -6.84. The number of ether oxygens (including phenoxy) is 1. The molecule has 0 radical (unpaired) electrons. The van der Waals surface area contributed by atoms with Gasteiger partial charge in [0.1, 0.15) is 11.4 Å². The fraction of sp³-hybridized carbons (Fsp3) is 0.951. The van der Waals surface area contributed by atoms with Crippen LogP contribution in [0.2, 0.25) is 72.5 Å². The van der Waals surface area contributed by atoms with E-state index in [9.17, 15) is 9.90 Å². The highest BCUT2D eigenvalue weighted by atomic mass is 28.4. The standard InChI is InChI=1S/C41H87NO9Si4/c1-29(26-43)35-41(14,49-35)36(51-55(23,24)40(11,12)13)31(28-48-53(19,20)38(5,6)7)34(45)30(27-47-52(17,18)37(2,3)4)32(25-33(44)42(15)46-16)50-54(21,22)39(8,9)10/h29-32,35-36,43H,25-28H2,1-24H3/t29-,30+,31-,32+,35+,36-,41+/m0/s1. The highest BCUT2D eigenvalue weighted by molar-refractivity contribution is 6.75. The van der Waals surface area contributed by atoms with Gasteiger partial charge in [-0.3, -0.25) is 14.4 Å². The van der Waals surface area contributed by atoms with Crippen molar-refractivity contribution in [3.8, 4) is 0 Å². The van der Waals surface area contributed by atoms with E-state index in [1.807, 2.05) is 13.8 Å². The van der Waals surface area contributed by atoms with Crippen molar-refractivity contribution in [1.29, 1.82) is 0 Å². The molecule has 0 spiro atoms. The number of nitrogens with zero attached hydrogens (tertiary/aromatic N) is 1. The highest BCUT2D eigenvalue weighted by Crippen LogP contribution is 2.51. The molecule has 1 heterocycles. The number of carbonyl (C=O) groups is 2. The van der Waals surface area contributed by atoms with Crippen LogP contribution < -0.4 is 0 Å². The van der Waals surface area contributed by atoms with E-state index in [1.165, 1.54) is 12.2 Å². The largest absolute Gasteiger partial charge is 0.416 e. The Bertz CT molecular complexity index is 1280. The number of Topliss-reactive ketones (excluding diaryl/α,β-unsaturated/α-hetero) is 1. The number of aliphatic hydroxyl groups excluding tert-OH is 1. The summed E-state index contributed by atoms with van der Waals surface area (Å²) in [6, 6.07) is 0. The normalized spacial score (nSPS) is 22.2. The molecule has 1 aliphatic heterocycles. The fourth-order valence-corrected chi connectivity index (χ4v) is 10.4. The van der Waals surface area contributed by atoms with Gasteiger partial charge >= 0.3 is 0 Å². The Balaban J connectivity index is 4.29. The predicted molar refractivity (Wildman–Crippen MR) is 236 cm³/mol. The molecule has 0 saturated carbocycles. The Labute approximate surface area is 342 Å². The van der Waals surface area contributed by atoms with Gasteiger partial charge in [-0.15, -0.1) is 0 Å². The number of aliphatic hydroxyl groups is 1. The van der Waals surface area contributed by atoms with Gasteiger partial charge < -0.3 is 27.5 Å². The summed E-state index contributed by atoms with van der Waals surface area (Å²) in [4.78, 5) is 35.2. The van der Waals surface area contributed by atoms with Crippen LogP contribution >= 0.6 is 0 Å². The van der Waals surface area contributed by atoms with Crippen molar-refractivity contribution in [2.24, 2.45) is 17.8 Å². The maximum atomic E-state index is 16.1. The zero-order valence-electron chi connectivity index (χ0n) is 40.0. The fourth-order valence-electron chi connectivity index (χ4n) is 5.56. The SMILES string of the molecule is CON(C)C(=O)C[C@@H](O[Si](C)(C)C(C)(C)C)[C@@H](CO[Si](C)(C)C(C)(C)C)C(=O)[C@H](CO[Si](C)(C)C(C)(C)C)[C@H](O[Si](C)(C)C(C)(C)C)[C@]1(C)O[C@@H]1[C@@H](C)CO. The molecule has 0 bridgehead atoms. The minimum Gasteiger partial charge on any atom is -0.416 e. The highest BCUT2D eigenvalue weighted by Gasteiger charge is 2.65. The Kier molecular flexibility index (Phi) is 17.4. The minimum absolute atomic E-state index is 0.0489. The molecule has 7 atom stereocenters. The van der Waals surface area contributed by atoms with Gasteiger partial charge in [-0.25, -0.2) is 5.06 Å². The lowest BCUT2D eigenvalue weighted by atomic mass is 9.79. The van der Waals surface area contributed by atoms with Crippen molar-refractivity contribution < 1.29 is 42.0 Å². The van der Waals surface area contributed by atoms with Crippen molar-refractivity contribution in [1.82, 2.24) is 5.06 Å². The third-order valence-corrected chi connectivity index (χ3v) is 32.1. The average Bonchev–Trinajstić information content (AvgIpc) is 3.69. The van der Waals surface area contributed by atoms with Gasteiger partial charge in [-0.1, -0.05) is 90.0 Å². The van der Waals surface area contributed by atoms with Crippen LogP contribution in [0.4, 0.5) is 0 Å². The second-order valence-corrected chi connectivity index (χ2v) is 41.8. The van der Waals surface area contributed by atoms with Crippen LogP contribution in [0.1, 0.15) is 103 Å². The lowest BCUT2D eigenvalue weighted by molar-refractivity contribution is -0.171. The molecule has 1 N–H and O–H groups in total. The quantitative estimate of drug-likeness (QED) is 0.0726. The van der Waals surface area contributed by atoms with Gasteiger partial charge in [-0.2, -0.15) is 0 Å². The van der Waals surface area contributed by atoms with Gasteiger partial charge in [0, 0.05) is 32.8 Å². The summed E-state index contributed by atoms with van der Waals surface area (Å²) < 4.78 is 35.1. The molecule has 14 heteroatoms. The lowest BCUT2D eigenvalue weighted by Gasteiger charge is -2.46. The van der Waals surface area contributed by atoms with Gasteiger partial charge in [0.05, 0.1) is 43.7 Å². The Morgan fingerprint density at radius 1 is 0.709 bits per heavy atom. The monoisotopic (exact) mass is 850 g/mol. The molecule has 55 heavy (non-hydrogen) atoms. The number of epoxide rings is 1. The number of hydrogen-bond acceptors (Lipinski definition) is 9. The minimum atomic E-state index is -2.56. The molecule has 0 unspecified atom stereocenters. The third kappa shape index (κ3) is 13.1. The van der Waals surface area contributed by atoms with E-state index in [-0.39, 0.29) is 70.1 Å². The summed E-state index contributed by atoms with van der Waals surface area (Å²) in [6.07, 6.45) is -1.86. The summed E-state index contributed by atoms with van der Waals surface area (Å²) >= 11 is 0.